The lowest BCUT2D eigenvalue weighted by Crippen LogP contribution is -2.35. The van der Waals surface area contributed by atoms with Crippen molar-refractivity contribution < 1.29 is 4.79 Å². The Hall–Kier alpha value is -1.88. The molecule has 4 nitrogen and oxygen atoms in total. The summed E-state index contributed by atoms with van der Waals surface area (Å²) in [6, 6.07) is 5.74. The van der Waals surface area contributed by atoms with Crippen molar-refractivity contribution in [3.8, 4) is 0 Å². The van der Waals surface area contributed by atoms with Gasteiger partial charge in [0.05, 0.1) is 5.56 Å². The standard InChI is InChI=1S/C14H15N3OS/c1-15-13-11(3-2-6-16-13)14(18)17-7-4-12-10(9-17)5-8-19-12/h2-3,5-6,8H,4,7,9H2,1H3,(H,15,16). The van der Waals surface area contributed by atoms with Crippen LogP contribution in [0.4, 0.5) is 5.82 Å². The topological polar surface area (TPSA) is 45.2 Å². The Morgan fingerprint density at radius 3 is 3.21 bits per heavy atom. The Morgan fingerprint density at radius 1 is 1.47 bits per heavy atom. The van der Waals surface area contributed by atoms with E-state index in [1.165, 1.54) is 10.4 Å². The maximum absolute atomic E-state index is 12.6. The summed E-state index contributed by atoms with van der Waals surface area (Å²) in [6.45, 7) is 1.49. The molecule has 5 heteroatoms. The lowest BCUT2D eigenvalue weighted by molar-refractivity contribution is 0.0736. The summed E-state index contributed by atoms with van der Waals surface area (Å²) < 4.78 is 0. The summed E-state index contributed by atoms with van der Waals surface area (Å²) in [4.78, 5) is 20.1. The molecule has 3 heterocycles. The van der Waals surface area contributed by atoms with Crippen molar-refractivity contribution >= 4 is 23.1 Å². The van der Waals surface area contributed by atoms with Crippen LogP contribution in [0.2, 0.25) is 0 Å². The molecule has 1 aliphatic rings. The Balaban J connectivity index is 1.85. The van der Waals surface area contributed by atoms with Gasteiger partial charge in [0.25, 0.3) is 5.91 Å². The molecule has 98 valence electrons. The van der Waals surface area contributed by atoms with Gasteiger partial charge in [-0.15, -0.1) is 11.3 Å². The molecule has 0 saturated carbocycles. The van der Waals surface area contributed by atoms with Crippen LogP contribution < -0.4 is 5.32 Å². The minimum Gasteiger partial charge on any atom is -0.372 e. The monoisotopic (exact) mass is 273 g/mol. The van der Waals surface area contributed by atoms with Crippen molar-refractivity contribution in [2.75, 3.05) is 18.9 Å². The van der Waals surface area contributed by atoms with Crippen LogP contribution in [-0.2, 0) is 13.0 Å². The second kappa shape index (κ2) is 5.01. The summed E-state index contributed by atoms with van der Waals surface area (Å²) >= 11 is 1.78. The first-order valence-corrected chi connectivity index (χ1v) is 7.15. The molecule has 0 fully saturated rings. The molecule has 2 aromatic heterocycles. The van der Waals surface area contributed by atoms with Gasteiger partial charge < -0.3 is 10.2 Å². The van der Waals surface area contributed by atoms with Crippen LogP contribution in [-0.4, -0.2) is 29.4 Å². The molecular formula is C14H15N3OS. The van der Waals surface area contributed by atoms with E-state index in [1.807, 2.05) is 11.0 Å². The third-order valence-electron chi connectivity index (χ3n) is 3.37. The van der Waals surface area contributed by atoms with Crippen LogP contribution in [0, 0.1) is 0 Å². The molecule has 0 unspecified atom stereocenters. The van der Waals surface area contributed by atoms with Crippen LogP contribution in [0.3, 0.4) is 0 Å². The molecule has 3 rings (SSSR count). The van der Waals surface area contributed by atoms with Crippen molar-refractivity contribution in [3.05, 3.63) is 45.8 Å². The van der Waals surface area contributed by atoms with Crippen LogP contribution >= 0.6 is 11.3 Å². The zero-order chi connectivity index (χ0) is 13.2. The SMILES string of the molecule is CNc1ncccc1C(=O)N1CCc2sccc2C1. The Bertz CT molecular complexity index is 608. The first-order chi connectivity index (χ1) is 9.29. The van der Waals surface area contributed by atoms with E-state index < -0.39 is 0 Å². The number of nitrogens with zero attached hydrogens (tertiary/aromatic N) is 2. The predicted octanol–water partition coefficient (Wildman–Crippen LogP) is 2.38. The number of hydrogen-bond acceptors (Lipinski definition) is 4. The Morgan fingerprint density at radius 2 is 2.37 bits per heavy atom. The molecule has 2 aromatic rings. The molecule has 0 spiro atoms. The number of anilines is 1. The molecule has 1 aliphatic heterocycles. The quantitative estimate of drug-likeness (QED) is 0.913. The number of amides is 1. The predicted molar refractivity (Wildman–Crippen MR) is 76.5 cm³/mol. The number of nitrogens with one attached hydrogen (secondary N) is 1. The summed E-state index contributed by atoms with van der Waals surface area (Å²) in [7, 11) is 1.78. The molecule has 19 heavy (non-hydrogen) atoms. The average molecular weight is 273 g/mol. The maximum atomic E-state index is 12.6. The van der Waals surface area contributed by atoms with Crippen LogP contribution in [0.15, 0.2) is 29.8 Å². The molecular weight excluding hydrogens is 258 g/mol. The second-order valence-electron chi connectivity index (χ2n) is 4.50. The van der Waals surface area contributed by atoms with E-state index in [-0.39, 0.29) is 5.91 Å². The first kappa shape index (κ1) is 12.2. The highest BCUT2D eigenvalue weighted by atomic mass is 32.1. The van der Waals surface area contributed by atoms with Crippen LogP contribution in [0.1, 0.15) is 20.8 Å². The zero-order valence-corrected chi connectivity index (χ0v) is 11.5. The molecule has 0 aromatic carbocycles. The molecule has 1 N–H and O–H groups in total. The molecule has 1 amide bonds. The second-order valence-corrected chi connectivity index (χ2v) is 5.50. The van der Waals surface area contributed by atoms with Crippen LogP contribution in [0.5, 0.6) is 0 Å². The lowest BCUT2D eigenvalue weighted by Gasteiger charge is -2.27. The highest BCUT2D eigenvalue weighted by molar-refractivity contribution is 7.10. The minimum absolute atomic E-state index is 0.0503. The largest absolute Gasteiger partial charge is 0.372 e. The number of carbonyl (C=O) groups excluding carboxylic acids is 1. The smallest absolute Gasteiger partial charge is 0.257 e. The van der Waals surface area contributed by atoms with E-state index in [0.717, 1.165) is 13.0 Å². The lowest BCUT2D eigenvalue weighted by atomic mass is 10.1. The fourth-order valence-corrected chi connectivity index (χ4v) is 3.26. The number of carbonyl (C=O) groups is 1. The third kappa shape index (κ3) is 2.21. The van der Waals surface area contributed by atoms with E-state index in [0.29, 0.717) is 17.9 Å². The normalized spacial score (nSPS) is 14.1. The van der Waals surface area contributed by atoms with E-state index >= 15 is 0 Å². The molecule has 0 saturated heterocycles. The van der Waals surface area contributed by atoms with Crippen molar-refractivity contribution in [1.29, 1.82) is 0 Å². The number of pyridine rings is 1. The van der Waals surface area contributed by atoms with Crippen LogP contribution in [0.25, 0.3) is 0 Å². The van der Waals surface area contributed by atoms with Gasteiger partial charge in [-0.3, -0.25) is 4.79 Å². The number of fused-ring (bicyclic) bond motifs is 1. The van der Waals surface area contributed by atoms with Gasteiger partial charge in [0, 0.05) is 31.2 Å². The zero-order valence-electron chi connectivity index (χ0n) is 10.7. The summed E-state index contributed by atoms with van der Waals surface area (Å²) in [5.74, 6) is 0.693. The fraction of sp³-hybridized carbons (Fsp3) is 0.286. The molecule has 0 radical (unpaired) electrons. The van der Waals surface area contributed by atoms with Gasteiger partial charge in [0.2, 0.25) is 0 Å². The van der Waals surface area contributed by atoms with E-state index in [4.69, 9.17) is 0 Å². The van der Waals surface area contributed by atoms with E-state index in [2.05, 4.69) is 21.7 Å². The van der Waals surface area contributed by atoms with E-state index in [9.17, 15) is 4.79 Å². The summed E-state index contributed by atoms with van der Waals surface area (Å²) in [5.41, 5.74) is 1.92. The minimum atomic E-state index is 0.0503. The van der Waals surface area contributed by atoms with Gasteiger partial charge in [0.15, 0.2) is 0 Å². The number of hydrogen-bond donors (Lipinski definition) is 1. The van der Waals surface area contributed by atoms with Gasteiger partial charge >= 0.3 is 0 Å². The van der Waals surface area contributed by atoms with Gasteiger partial charge in [-0.1, -0.05) is 0 Å². The number of aromatic nitrogens is 1. The van der Waals surface area contributed by atoms with Crippen molar-refractivity contribution in [2.45, 2.75) is 13.0 Å². The van der Waals surface area contributed by atoms with Gasteiger partial charge in [0.1, 0.15) is 5.82 Å². The third-order valence-corrected chi connectivity index (χ3v) is 4.39. The Labute approximate surface area is 116 Å². The first-order valence-electron chi connectivity index (χ1n) is 6.27. The van der Waals surface area contributed by atoms with Crippen molar-refractivity contribution in [1.82, 2.24) is 9.88 Å². The highest BCUT2D eigenvalue weighted by Gasteiger charge is 2.24. The van der Waals surface area contributed by atoms with Gasteiger partial charge in [-0.25, -0.2) is 4.98 Å². The van der Waals surface area contributed by atoms with Gasteiger partial charge in [-0.2, -0.15) is 0 Å². The van der Waals surface area contributed by atoms with E-state index in [1.54, 1.807) is 30.6 Å². The average Bonchev–Trinajstić information content (AvgIpc) is 2.93. The highest BCUT2D eigenvalue weighted by Crippen LogP contribution is 2.25. The summed E-state index contributed by atoms with van der Waals surface area (Å²) in [6.07, 6.45) is 2.64. The maximum Gasteiger partial charge on any atom is 0.257 e. The van der Waals surface area contributed by atoms with Crippen molar-refractivity contribution in [3.63, 3.8) is 0 Å². The molecule has 0 bridgehead atoms. The molecule has 0 atom stereocenters. The Kier molecular flexibility index (Phi) is 3.21. The fourth-order valence-electron chi connectivity index (χ4n) is 2.37. The van der Waals surface area contributed by atoms with Gasteiger partial charge in [-0.05, 0) is 35.6 Å². The number of thiophene rings is 1. The number of rotatable bonds is 2. The molecule has 0 aliphatic carbocycles. The van der Waals surface area contributed by atoms with Crippen molar-refractivity contribution in [2.24, 2.45) is 0 Å². The summed E-state index contributed by atoms with van der Waals surface area (Å²) in [5, 5.41) is 5.07.